The summed E-state index contributed by atoms with van der Waals surface area (Å²) < 4.78 is 1.90. The van der Waals surface area contributed by atoms with Crippen molar-refractivity contribution in [3.05, 3.63) is 52.8 Å². The van der Waals surface area contributed by atoms with Crippen LogP contribution in [0.5, 0.6) is 0 Å². The van der Waals surface area contributed by atoms with Gasteiger partial charge in [-0.3, -0.25) is 9.48 Å². The van der Waals surface area contributed by atoms with Gasteiger partial charge in [-0.2, -0.15) is 5.10 Å². The van der Waals surface area contributed by atoms with E-state index in [9.17, 15) is 14.7 Å². The second-order valence-corrected chi connectivity index (χ2v) is 7.54. The quantitative estimate of drug-likeness (QED) is 0.791. The number of aliphatic carboxylic acids is 1. The number of carbonyl (C=O) groups excluding carboxylic acids is 1. The van der Waals surface area contributed by atoms with Gasteiger partial charge in [0.1, 0.15) is 5.54 Å². The number of carbonyl (C=O) groups is 2. The lowest BCUT2D eigenvalue weighted by Gasteiger charge is -2.29. The molecule has 0 spiro atoms. The van der Waals surface area contributed by atoms with E-state index in [1.165, 1.54) is 0 Å². The first-order valence-electron chi connectivity index (χ1n) is 9.55. The van der Waals surface area contributed by atoms with Crippen LogP contribution in [0.15, 0.2) is 30.3 Å². The van der Waals surface area contributed by atoms with Crippen LogP contribution in [0.25, 0.3) is 0 Å². The van der Waals surface area contributed by atoms with Crippen molar-refractivity contribution in [1.29, 1.82) is 0 Å². The van der Waals surface area contributed by atoms with Crippen LogP contribution in [-0.4, -0.2) is 32.3 Å². The molecule has 0 unspecified atom stereocenters. The average molecular weight is 369 g/mol. The highest BCUT2D eigenvalue weighted by molar-refractivity contribution is 5.98. The van der Waals surface area contributed by atoms with Gasteiger partial charge in [-0.05, 0) is 50.5 Å². The molecule has 6 heteroatoms. The third kappa shape index (κ3) is 4.38. The summed E-state index contributed by atoms with van der Waals surface area (Å²) in [7, 11) is 0. The first-order chi connectivity index (χ1) is 12.9. The van der Waals surface area contributed by atoms with Gasteiger partial charge in [-0.25, -0.2) is 4.79 Å². The number of aryl methyl sites for hydroxylation is 2. The molecule has 0 aliphatic heterocycles. The Morgan fingerprint density at radius 1 is 1.15 bits per heavy atom. The molecule has 0 bridgehead atoms. The molecule has 1 fully saturated rings. The maximum absolute atomic E-state index is 12.8. The number of nitrogens with zero attached hydrogens (tertiary/aromatic N) is 2. The standard InChI is InChI=1S/C21H27N3O3/c1-15-12-16(2)24(23-15)14-17-8-7-9-18(13-17)19(25)22-21(20(26)27)10-5-3-4-6-11-21/h7-9,12-13H,3-6,10-11,14H2,1-2H3,(H,22,25)(H,26,27). The molecule has 1 aromatic heterocycles. The van der Waals surface area contributed by atoms with Gasteiger partial charge in [0.15, 0.2) is 0 Å². The average Bonchev–Trinajstić information content (AvgIpc) is 2.82. The van der Waals surface area contributed by atoms with Crippen LogP contribution >= 0.6 is 0 Å². The summed E-state index contributed by atoms with van der Waals surface area (Å²) in [4.78, 5) is 24.7. The summed E-state index contributed by atoms with van der Waals surface area (Å²) >= 11 is 0. The summed E-state index contributed by atoms with van der Waals surface area (Å²) in [6, 6.07) is 9.34. The molecule has 2 N–H and O–H groups in total. The Hall–Kier alpha value is -2.63. The largest absolute Gasteiger partial charge is 0.480 e. The number of hydrogen-bond donors (Lipinski definition) is 2. The van der Waals surface area contributed by atoms with E-state index in [0.717, 1.165) is 42.6 Å². The Balaban J connectivity index is 1.78. The summed E-state index contributed by atoms with van der Waals surface area (Å²) in [5.41, 5.74) is 2.31. The number of rotatable bonds is 5. The molecule has 3 rings (SSSR count). The molecule has 1 saturated carbocycles. The number of amides is 1. The van der Waals surface area contributed by atoms with Crippen LogP contribution in [0.3, 0.4) is 0 Å². The Morgan fingerprint density at radius 2 is 1.85 bits per heavy atom. The molecule has 1 aliphatic rings. The fourth-order valence-corrected chi connectivity index (χ4v) is 3.83. The molecular formula is C21H27N3O3. The molecule has 1 heterocycles. The predicted molar refractivity (Wildman–Crippen MR) is 103 cm³/mol. The normalized spacial score (nSPS) is 16.5. The highest BCUT2D eigenvalue weighted by atomic mass is 16.4. The van der Waals surface area contributed by atoms with Crippen LogP contribution < -0.4 is 5.32 Å². The van der Waals surface area contributed by atoms with Crippen molar-refractivity contribution < 1.29 is 14.7 Å². The molecule has 1 aromatic carbocycles. The number of hydrogen-bond acceptors (Lipinski definition) is 3. The van der Waals surface area contributed by atoms with Gasteiger partial charge in [0.2, 0.25) is 0 Å². The third-order valence-electron chi connectivity index (χ3n) is 5.34. The molecule has 1 aliphatic carbocycles. The first-order valence-corrected chi connectivity index (χ1v) is 9.55. The predicted octanol–water partition coefficient (Wildman–Crippen LogP) is 3.46. The minimum absolute atomic E-state index is 0.325. The van der Waals surface area contributed by atoms with Gasteiger partial charge in [0.25, 0.3) is 5.91 Å². The molecule has 144 valence electrons. The number of benzene rings is 1. The van der Waals surface area contributed by atoms with Crippen molar-refractivity contribution in [2.24, 2.45) is 0 Å². The van der Waals surface area contributed by atoms with Crippen LogP contribution in [0.4, 0.5) is 0 Å². The van der Waals surface area contributed by atoms with Crippen molar-refractivity contribution in [3.8, 4) is 0 Å². The van der Waals surface area contributed by atoms with Gasteiger partial charge in [0.05, 0.1) is 12.2 Å². The first kappa shape index (κ1) is 19.1. The number of carboxylic acids is 1. The molecule has 0 atom stereocenters. The zero-order valence-electron chi connectivity index (χ0n) is 16.0. The molecule has 27 heavy (non-hydrogen) atoms. The lowest BCUT2D eigenvalue weighted by molar-refractivity contribution is -0.145. The van der Waals surface area contributed by atoms with Gasteiger partial charge < -0.3 is 10.4 Å². The lowest BCUT2D eigenvalue weighted by Crippen LogP contribution is -2.54. The molecular weight excluding hydrogens is 342 g/mol. The molecule has 2 aromatic rings. The van der Waals surface area contributed by atoms with Gasteiger partial charge in [-0.15, -0.1) is 0 Å². The zero-order chi connectivity index (χ0) is 19.4. The highest BCUT2D eigenvalue weighted by Gasteiger charge is 2.40. The van der Waals surface area contributed by atoms with Crippen molar-refractivity contribution in [1.82, 2.24) is 15.1 Å². The zero-order valence-corrected chi connectivity index (χ0v) is 16.0. The topological polar surface area (TPSA) is 84.2 Å². The molecule has 0 radical (unpaired) electrons. The summed E-state index contributed by atoms with van der Waals surface area (Å²) in [5, 5.41) is 17.1. The Kier molecular flexibility index (Phi) is 5.63. The van der Waals surface area contributed by atoms with E-state index in [2.05, 4.69) is 10.4 Å². The van der Waals surface area contributed by atoms with Gasteiger partial charge in [0, 0.05) is 11.3 Å². The Bertz CT molecular complexity index is 833. The van der Waals surface area contributed by atoms with Crippen LogP contribution in [0.1, 0.15) is 65.8 Å². The molecule has 0 saturated heterocycles. The smallest absolute Gasteiger partial charge is 0.329 e. The minimum Gasteiger partial charge on any atom is -0.480 e. The van der Waals surface area contributed by atoms with E-state index in [1.807, 2.05) is 42.8 Å². The summed E-state index contributed by atoms with van der Waals surface area (Å²) in [5.74, 6) is -1.26. The fraction of sp³-hybridized carbons (Fsp3) is 0.476. The van der Waals surface area contributed by atoms with Crippen molar-refractivity contribution in [2.45, 2.75) is 64.5 Å². The SMILES string of the molecule is Cc1cc(C)n(Cc2cccc(C(=O)NC3(C(=O)O)CCCCCC3)c2)n1. The van der Waals surface area contributed by atoms with E-state index in [1.54, 1.807) is 6.07 Å². The number of nitrogens with one attached hydrogen (secondary N) is 1. The van der Waals surface area contributed by atoms with Crippen LogP contribution in [-0.2, 0) is 11.3 Å². The van der Waals surface area contributed by atoms with E-state index in [4.69, 9.17) is 0 Å². The van der Waals surface area contributed by atoms with E-state index < -0.39 is 11.5 Å². The maximum Gasteiger partial charge on any atom is 0.329 e. The lowest BCUT2D eigenvalue weighted by atomic mass is 9.89. The molecule has 1 amide bonds. The number of aromatic nitrogens is 2. The van der Waals surface area contributed by atoms with E-state index in [0.29, 0.717) is 24.9 Å². The van der Waals surface area contributed by atoms with E-state index in [-0.39, 0.29) is 5.91 Å². The van der Waals surface area contributed by atoms with E-state index >= 15 is 0 Å². The Morgan fingerprint density at radius 3 is 2.44 bits per heavy atom. The van der Waals surface area contributed by atoms with Crippen molar-refractivity contribution in [2.75, 3.05) is 0 Å². The van der Waals surface area contributed by atoms with Gasteiger partial charge in [-0.1, -0.05) is 37.8 Å². The second kappa shape index (κ2) is 7.94. The summed E-state index contributed by atoms with van der Waals surface area (Å²) in [6.07, 6.45) is 4.65. The van der Waals surface area contributed by atoms with Crippen LogP contribution in [0, 0.1) is 13.8 Å². The summed E-state index contributed by atoms with van der Waals surface area (Å²) in [6.45, 7) is 4.52. The van der Waals surface area contributed by atoms with Gasteiger partial charge >= 0.3 is 5.97 Å². The molecule has 6 nitrogen and oxygen atoms in total. The number of carboxylic acid groups (broad SMARTS) is 1. The third-order valence-corrected chi connectivity index (χ3v) is 5.34. The minimum atomic E-state index is -1.15. The van der Waals surface area contributed by atoms with Crippen LogP contribution in [0.2, 0.25) is 0 Å². The fourth-order valence-electron chi connectivity index (χ4n) is 3.83. The highest BCUT2D eigenvalue weighted by Crippen LogP contribution is 2.28. The maximum atomic E-state index is 12.8. The second-order valence-electron chi connectivity index (χ2n) is 7.54. The monoisotopic (exact) mass is 369 g/mol. The van der Waals surface area contributed by atoms with Crippen molar-refractivity contribution in [3.63, 3.8) is 0 Å². The Labute approximate surface area is 159 Å². The van der Waals surface area contributed by atoms with Crippen molar-refractivity contribution >= 4 is 11.9 Å².